The van der Waals surface area contributed by atoms with Crippen LogP contribution in [0.4, 0.5) is 0 Å². The molecule has 2 heterocycles. The topological polar surface area (TPSA) is 39.7 Å². The quantitative estimate of drug-likeness (QED) is 0.867. The van der Waals surface area contributed by atoms with Crippen molar-refractivity contribution in [2.24, 2.45) is 0 Å². The summed E-state index contributed by atoms with van der Waals surface area (Å²) in [5.41, 5.74) is 1.31. The van der Waals surface area contributed by atoms with Gasteiger partial charge in [-0.05, 0) is 50.3 Å². The van der Waals surface area contributed by atoms with Crippen LogP contribution in [0.15, 0.2) is 18.2 Å². The van der Waals surface area contributed by atoms with Gasteiger partial charge in [0, 0.05) is 19.2 Å². The number of hydrogen-bond acceptors (Lipinski definition) is 4. The minimum absolute atomic E-state index is 0.345. The third-order valence-electron chi connectivity index (χ3n) is 4.02. The van der Waals surface area contributed by atoms with E-state index in [2.05, 4.69) is 24.4 Å². The van der Waals surface area contributed by atoms with E-state index in [0.29, 0.717) is 18.9 Å². The van der Waals surface area contributed by atoms with Gasteiger partial charge in [0.15, 0.2) is 11.5 Å². The highest BCUT2D eigenvalue weighted by molar-refractivity contribution is 5.44. The molecule has 0 aromatic heterocycles. The maximum Gasteiger partial charge on any atom is 0.231 e. The Morgan fingerprint density at radius 1 is 1.30 bits per heavy atom. The Morgan fingerprint density at radius 2 is 2.20 bits per heavy atom. The van der Waals surface area contributed by atoms with Crippen molar-refractivity contribution in [3.05, 3.63) is 23.8 Å². The first-order valence-electron chi connectivity index (χ1n) is 7.55. The Morgan fingerprint density at radius 3 is 3.05 bits per heavy atom. The lowest BCUT2D eigenvalue weighted by Gasteiger charge is -2.17. The lowest BCUT2D eigenvalue weighted by atomic mass is 10.1. The van der Waals surface area contributed by atoms with Crippen LogP contribution < -0.4 is 14.8 Å². The summed E-state index contributed by atoms with van der Waals surface area (Å²) in [6, 6.07) is 6.72. The standard InChI is InChI=1S/C16H23NO3/c1-12(17-10-14-3-2-8-18-14)4-5-13-6-7-15-16(9-13)20-11-19-15/h6-7,9,12,14,17H,2-5,8,10-11H2,1H3. The Kier molecular flexibility index (Phi) is 4.43. The molecule has 4 nitrogen and oxygen atoms in total. The zero-order chi connectivity index (χ0) is 13.8. The van der Waals surface area contributed by atoms with Crippen LogP contribution in [0, 0.1) is 0 Å². The highest BCUT2D eigenvalue weighted by Gasteiger charge is 2.16. The van der Waals surface area contributed by atoms with Crippen LogP contribution in [-0.4, -0.2) is 32.1 Å². The fourth-order valence-electron chi connectivity index (χ4n) is 2.72. The highest BCUT2D eigenvalue weighted by atomic mass is 16.7. The summed E-state index contributed by atoms with van der Waals surface area (Å²) in [6.07, 6.45) is 4.99. The van der Waals surface area contributed by atoms with E-state index in [9.17, 15) is 0 Å². The monoisotopic (exact) mass is 277 g/mol. The molecule has 1 saturated heterocycles. The lowest BCUT2D eigenvalue weighted by molar-refractivity contribution is 0.107. The van der Waals surface area contributed by atoms with Crippen molar-refractivity contribution in [2.45, 2.75) is 44.8 Å². The van der Waals surface area contributed by atoms with Gasteiger partial charge in [0.1, 0.15) is 0 Å². The average molecular weight is 277 g/mol. The van der Waals surface area contributed by atoms with E-state index in [0.717, 1.165) is 37.5 Å². The number of nitrogens with one attached hydrogen (secondary N) is 1. The van der Waals surface area contributed by atoms with Gasteiger partial charge < -0.3 is 19.5 Å². The Labute approximate surface area is 120 Å². The number of rotatable bonds is 6. The molecule has 0 spiro atoms. The van der Waals surface area contributed by atoms with Gasteiger partial charge in [0.2, 0.25) is 6.79 Å². The molecule has 1 N–H and O–H groups in total. The molecule has 1 aromatic rings. The van der Waals surface area contributed by atoms with Crippen LogP contribution in [-0.2, 0) is 11.2 Å². The predicted molar refractivity (Wildman–Crippen MR) is 77.3 cm³/mol. The van der Waals surface area contributed by atoms with Crippen molar-refractivity contribution in [1.82, 2.24) is 5.32 Å². The van der Waals surface area contributed by atoms with E-state index in [1.807, 2.05) is 6.07 Å². The van der Waals surface area contributed by atoms with Gasteiger partial charge in [0.05, 0.1) is 6.10 Å². The lowest BCUT2D eigenvalue weighted by Crippen LogP contribution is -2.33. The van der Waals surface area contributed by atoms with Crippen molar-refractivity contribution in [3.63, 3.8) is 0 Å². The van der Waals surface area contributed by atoms with Crippen LogP contribution in [0.5, 0.6) is 11.5 Å². The number of fused-ring (bicyclic) bond motifs is 1. The van der Waals surface area contributed by atoms with Crippen molar-refractivity contribution >= 4 is 0 Å². The third kappa shape index (κ3) is 3.44. The largest absolute Gasteiger partial charge is 0.454 e. The summed E-state index contributed by atoms with van der Waals surface area (Å²) < 4.78 is 16.4. The van der Waals surface area contributed by atoms with Crippen LogP contribution in [0.2, 0.25) is 0 Å². The molecular formula is C16H23NO3. The summed E-state index contributed by atoms with van der Waals surface area (Å²) in [4.78, 5) is 0. The molecular weight excluding hydrogens is 254 g/mol. The maximum absolute atomic E-state index is 5.62. The molecule has 1 fully saturated rings. The summed E-state index contributed by atoms with van der Waals surface area (Å²) in [7, 11) is 0. The van der Waals surface area contributed by atoms with E-state index in [1.54, 1.807) is 0 Å². The zero-order valence-corrected chi connectivity index (χ0v) is 12.1. The number of hydrogen-bond donors (Lipinski definition) is 1. The highest BCUT2D eigenvalue weighted by Crippen LogP contribution is 2.32. The zero-order valence-electron chi connectivity index (χ0n) is 12.1. The normalized spacial score (nSPS) is 22.1. The minimum atomic E-state index is 0.345. The Balaban J connectivity index is 1.41. The number of ether oxygens (including phenoxy) is 3. The van der Waals surface area contributed by atoms with Crippen molar-refractivity contribution in [3.8, 4) is 11.5 Å². The van der Waals surface area contributed by atoms with Gasteiger partial charge in [-0.3, -0.25) is 0 Å². The molecule has 0 aliphatic carbocycles. The van der Waals surface area contributed by atoms with Crippen LogP contribution in [0.3, 0.4) is 0 Å². The number of aryl methyl sites for hydroxylation is 1. The van der Waals surface area contributed by atoms with Gasteiger partial charge in [-0.15, -0.1) is 0 Å². The first-order valence-corrected chi connectivity index (χ1v) is 7.55. The Hall–Kier alpha value is -1.26. The molecule has 4 heteroatoms. The minimum Gasteiger partial charge on any atom is -0.454 e. The van der Waals surface area contributed by atoms with E-state index < -0.39 is 0 Å². The summed E-state index contributed by atoms with van der Waals surface area (Å²) in [6.45, 7) is 4.49. The Bertz CT molecular complexity index is 443. The van der Waals surface area contributed by atoms with E-state index in [4.69, 9.17) is 14.2 Å². The molecule has 1 aromatic carbocycles. The van der Waals surface area contributed by atoms with Crippen LogP contribution in [0.25, 0.3) is 0 Å². The number of benzene rings is 1. The van der Waals surface area contributed by atoms with Crippen molar-refractivity contribution in [2.75, 3.05) is 19.9 Å². The van der Waals surface area contributed by atoms with Gasteiger partial charge >= 0.3 is 0 Å². The second-order valence-corrected chi connectivity index (χ2v) is 5.67. The summed E-state index contributed by atoms with van der Waals surface area (Å²) in [5.74, 6) is 1.74. The molecule has 2 aliphatic rings. The van der Waals surface area contributed by atoms with Gasteiger partial charge in [-0.1, -0.05) is 6.07 Å². The molecule has 110 valence electrons. The van der Waals surface area contributed by atoms with Crippen molar-refractivity contribution < 1.29 is 14.2 Å². The maximum atomic E-state index is 5.62. The molecule has 20 heavy (non-hydrogen) atoms. The second kappa shape index (κ2) is 6.46. The molecule has 2 atom stereocenters. The van der Waals surface area contributed by atoms with E-state index >= 15 is 0 Å². The molecule has 0 amide bonds. The molecule has 2 aliphatic heterocycles. The van der Waals surface area contributed by atoms with Crippen LogP contribution >= 0.6 is 0 Å². The fraction of sp³-hybridized carbons (Fsp3) is 0.625. The first-order chi connectivity index (χ1) is 9.81. The van der Waals surface area contributed by atoms with E-state index in [-0.39, 0.29) is 0 Å². The molecule has 3 rings (SSSR count). The van der Waals surface area contributed by atoms with Crippen LogP contribution in [0.1, 0.15) is 31.7 Å². The van der Waals surface area contributed by atoms with Gasteiger partial charge in [0.25, 0.3) is 0 Å². The summed E-state index contributed by atoms with van der Waals surface area (Å²) in [5, 5.41) is 3.57. The fourth-order valence-corrected chi connectivity index (χ4v) is 2.72. The van der Waals surface area contributed by atoms with Gasteiger partial charge in [-0.25, -0.2) is 0 Å². The molecule has 0 saturated carbocycles. The average Bonchev–Trinajstić information content (AvgIpc) is 3.13. The first kappa shape index (κ1) is 13.7. The third-order valence-corrected chi connectivity index (χ3v) is 4.02. The van der Waals surface area contributed by atoms with E-state index in [1.165, 1.54) is 18.4 Å². The molecule has 0 bridgehead atoms. The second-order valence-electron chi connectivity index (χ2n) is 5.67. The SMILES string of the molecule is CC(CCc1ccc2c(c1)OCO2)NCC1CCCO1. The smallest absolute Gasteiger partial charge is 0.231 e. The van der Waals surface area contributed by atoms with Crippen molar-refractivity contribution in [1.29, 1.82) is 0 Å². The summed E-state index contributed by atoms with van der Waals surface area (Å²) >= 11 is 0. The predicted octanol–water partition coefficient (Wildman–Crippen LogP) is 2.51. The van der Waals surface area contributed by atoms with Gasteiger partial charge in [-0.2, -0.15) is 0 Å². The molecule has 2 unspecified atom stereocenters. The molecule has 0 radical (unpaired) electrons.